The SMILES string of the molecule is Cc1csc(N2CCN(C(C)C(=O)N3CCCC3)CC2)n1. The summed E-state index contributed by atoms with van der Waals surface area (Å²) in [6.07, 6.45) is 2.32. The number of thiazole rings is 1. The molecule has 0 radical (unpaired) electrons. The Bertz CT molecular complexity index is 490. The summed E-state index contributed by atoms with van der Waals surface area (Å²) in [5.74, 6) is 0.311. The Morgan fingerprint density at radius 3 is 2.43 bits per heavy atom. The van der Waals surface area contributed by atoms with Gasteiger partial charge in [0.15, 0.2) is 5.13 Å². The number of likely N-dealkylation sites (tertiary alicyclic amines) is 1. The Kier molecular flexibility index (Phi) is 4.45. The lowest BCUT2D eigenvalue weighted by Crippen LogP contribution is -2.54. The number of hydrogen-bond acceptors (Lipinski definition) is 5. The third-order valence-electron chi connectivity index (χ3n) is 4.51. The van der Waals surface area contributed by atoms with E-state index in [0.29, 0.717) is 5.91 Å². The third-order valence-corrected chi connectivity index (χ3v) is 5.53. The zero-order valence-electron chi connectivity index (χ0n) is 12.9. The minimum Gasteiger partial charge on any atom is -0.346 e. The van der Waals surface area contributed by atoms with Gasteiger partial charge in [-0.05, 0) is 26.7 Å². The van der Waals surface area contributed by atoms with Gasteiger partial charge >= 0.3 is 0 Å². The lowest BCUT2D eigenvalue weighted by atomic mass is 10.2. The zero-order valence-corrected chi connectivity index (χ0v) is 13.7. The second-order valence-corrected chi connectivity index (χ2v) is 6.84. The van der Waals surface area contributed by atoms with Crippen molar-refractivity contribution in [2.24, 2.45) is 0 Å². The van der Waals surface area contributed by atoms with Gasteiger partial charge in [0.05, 0.1) is 11.7 Å². The van der Waals surface area contributed by atoms with Crippen molar-refractivity contribution in [2.45, 2.75) is 32.7 Å². The molecule has 0 N–H and O–H groups in total. The van der Waals surface area contributed by atoms with E-state index in [4.69, 9.17) is 0 Å². The maximum absolute atomic E-state index is 12.5. The van der Waals surface area contributed by atoms with Crippen molar-refractivity contribution in [3.8, 4) is 0 Å². The predicted molar refractivity (Wildman–Crippen MR) is 85.9 cm³/mol. The van der Waals surface area contributed by atoms with E-state index in [9.17, 15) is 4.79 Å². The van der Waals surface area contributed by atoms with Crippen molar-refractivity contribution in [1.29, 1.82) is 0 Å². The van der Waals surface area contributed by atoms with Crippen molar-refractivity contribution in [2.75, 3.05) is 44.2 Å². The fourth-order valence-corrected chi connectivity index (χ4v) is 4.00. The van der Waals surface area contributed by atoms with Crippen molar-refractivity contribution in [3.63, 3.8) is 0 Å². The number of rotatable bonds is 3. The molecule has 6 heteroatoms. The Balaban J connectivity index is 1.54. The van der Waals surface area contributed by atoms with Gasteiger partial charge in [-0.15, -0.1) is 11.3 Å². The molecule has 0 aromatic carbocycles. The monoisotopic (exact) mass is 308 g/mol. The molecule has 2 fully saturated rings. The largest absolute Gasteiger partial charge is 0.346 e. The molecular formula is C15H24N4OS. The fourth-order valence-electron chi connectivity index (χ4n) is 3.15. The average molecular weight is 308 g/mol. The van der Waals surface area contributed by atoms with Crippen molar-refractivity contribution in [3.05, 3.63) is 11.1 Å². The molecule has 2 aliphatic rings. The molecule has 1 aromatic rings. The summed E-state index contributed by atoms with van der Waals surface area (Å²) < 4.78 is 0. The summed E-state index contributed by atoms with van der Waals surface area (Å²) >= 11 is 1.71. The molecular weight excluding hydrogens is 284 g/mol. The zero-order chi connectivity index (χ0) is 14.8. The Hall–Kier alpha value is -1.14. The van der Waals surface area contributed by atoms with E-state index < -0.39 is 0 Å². The predicted octanol–water partition coefficient (Wildman–Crippen LogP) is 1.58. The highest BCUT2D eigenvalue weighted by molar-refractivity contribution is 7.13. The summed E-state index contributed by atoms with van der Waals surface area (Å²) in [6.45, 7) is 9.80. The summed E-state index contributed by atoms with van der Waals surface area (Å²) in [5.41, 5.74) is 1.09. The van der Waals surface area contributed by atoms with Crippen LogP contribution in [-0.2, 0) is 4.79 Å². The fraction of sp³-hybridized carbons (Fsp3) is 0.733. The van der Waals surface area contributed by atoms with Gasteiger partial charge in [0.2, 0.25) is 5.91 Å². The molecule has 1 aromatic heterocycles. The van der Waals surface area contributed by atoms with Crippen molar-refractivity contribution >= 4 is 22.4 Å². The van der Waals surface area contributed by atoms with E-state index in [1.165, 1.54) is 0 Å². The highest BCUT2D eigenvalue weighted by atomic mass is 32.1. The van der Waals surface area contributed by atoms with Crippen LogP contribution in [0.15, 0.2) is 5.38 Å². The Labute approximate surface area is 130 Å². The van der Waals surface area contributed by atoms with Crippen LogP contribution in [0.4, 0.5) is 5.13 Å². The summed E-state index contributed by atoms with van der Waals surface area (Å²) in [4.78, 5) is 23.7. The van der Waals surface area contributed by atoms with Crippen LogP contribution in [0.25, 0.3) is 0 Å². The Morgan fingerprint density at radius 1 is 1.19 bits per heavy atom. The van der Waals surface area contributed by atoms with E-state index in [0.717, 1.165) is 62.9 Å². The molecule has 1 unspecified atom stereocenters. The molecule has 1 atom stereocenters. The molecule has 1 amide bonds. The van der Waals surface area contributed by atoms with E-state index in [1.807, 2.05) is 11.8 Å². The first-order chi connectivity index (χ1) is 10.1. The van der Waals surface area contributed by atoms with E-state index in [-0.39, 0.29) is 6.04 Å². The van der Waals surface area contributed by atoms with Crippen LogP contribution in [0.3, 0.4) is 0 Å². The number of aromatic nitrogens is 1. The number of nitrogens with zero attached hydrogens (tertiary/aromatic N) is 4. The van der Waals surface area contributed by atoms with Gasteiger partial charge < -0.3 is 9.80 Å². The highest BCUT2D eigenvalue weighted by Gasteiger charge is 2.30. The molecule has 2 aliphatic heterocycles. The van der Waals surface area contributed by atoms with Crippen LogP contribution in [0, 0.1) is 6.92 Å². The van der Waals surface area contributed by atoms with Crippen LogP contribution in [-0.4, -0.2) is 66.0 Å². The van der Waals surface area contributed by atoms with Gasteiger partial charge in [0, 0.05) is 44.6 Å². The molecule has 3 rings (SSSR count). The van der Waals surface area contributed by atoms with Crippen molar-refractivity contribution in [1.82, 2.24) is 14.8 Å². The maximum Gasteiger partial charge on any atom is 0.239 e. The molecule has 0 aliphatic carbocycles. The number of carbonyl (C=O) groups excluding carboxylic acids is 1. The number of hydrogen-bond donors (Lipinski definition) is 0. The van der Waals surface area contributed by atoms with E-state index in [1.54, 1.807) is 11.3 Å². The summed E-state index contributed by atoms with van der Waals surface area (Å²) in [5, 5.41) is 3.21. The molecule has 3 heterocycles. The molecule has 116 valence electrons. The molecule has 2 saturated heterocycles. The molecule has 0 spiro atoms. The standard InChI is InChI=1S/C15H24N4OS/c1-12-11-21-15(16-12)19-9-7-17(8-10-19)13(2)14(20)18-5-3-4-6-18/h11,13H,3-10H2,1-2H3. The van der Waals surface area contributed by atoms with Gasteiger partial charge in [-0.1, -0.05) is 0 Å². The first-order valence-electron chi connectivity index (χ1n) is 7.85. The average Bonchev–Trinajstić information content (AvgIpc) is 3.17. The van der Waals surface area contributed by atoms with Crippen LogP contribution in [0.2, 0.25) is 0 Å². The number of piperazine rings is 1. The second-order valence-electron chi connectivity index (χ2n) is 6.00. The second kappa shape index (κ2) is 6.32. The quantitative estimate of drug-likeness (QED) is 0.850. The van der Waals surface area contributed by atoms with Crippen LogP contribution in [0.5, 0.6) is 0 Å². The number of carbonyl (C=O) groups is 1. The number of aryl methyl sites for hydroxylation is 1. The van der Waals surface area contributed by atoms with Crippen LogP contribution >= 0.6 is 11.3 Å². The minimum atomic E-state index is 0.0169. The third kappa shape index (κ3) is 3.21. The van der Waals surface area contributed by atoms with Gasteiger partial charge in [-0.3, -0.25) is 9.69 Å². The molecule has 0 bridgehead atoms. The van der Waals surface area contributed by atoms with Gasteiger partial charge in [0.1, 0.15) is 0 Å². The van der Waals surface area contributed by atoms with Crippen LogP contribution < -0.4 is 4.90 Å². The molecule has 5 nitrogen and oxygen atoms in total. The first kappa shape index (κ1) is 14.8. The van der Waals surface area contributed by atoms with E-state index >= 15 is 0 Å². The number of anilines is 1. The van der Waals surface area contributed by atoms with Crippen LogP contribution in [0.1, 0.15) is 25.5 Å². The molecule has 0 saturated carbocycles. The maximum atomic E-state index is 12.5. The topological polar surface area (TPSA) is 39.7 Å². The van der Waals surface area contributed by atoms with Gasteiger partial charge in [0.25, 0.3) is 0 Å². The normalized spacial score (nSPS) is 21.8. The summed E-state index contributed by atoms with van der Waals surface area (Å²) in [6, 6.07) is 0.0169. The van der Waals surface area contributed by atoms with Gasteiger partial charge in [-0.2, -0.15) is 0 Å². The minimum absolute atomic E-state index is 0.0169. The first-order valence-corrected chi connectivity index (χ1v) is 8.73. The van der Waals surface area contributed by atoms with Crippen molar-refractivity contribution < 1.29 is 4.79 Å². The highest BCUT2D eigenvalue weighted by Crippen LogP contribution is 2.22. The smallest absolute Gasteiger partial charge is 0.239 e. The molecule has 21 heavy (non-hydrogen) atoms. The lowest BCUT2D eigenvalue weighted by molar-refractivity contribution is -0.135. The number of amides is 1. The lowest BCUT2D eigenvalue weighted by Gasteiger charge is -2.38. The summed E-state index contributed by atoms with van der Waals surface area (Å²) in [7, 11) is 0. The van der Waals surface area contributed by atoms with Gasteiger partial charge in [-0.25, -0.2) is 4.98 Å². The van der Waals surface area contributed by atoms with E-state index in [2.05, 4.69) is 27.1 Å². The Morgan fingerprint density at radius 2 is 1.86 bits per heavy atom.